The van der Waals surface area contributed by atoms with E-state index in [0.29, 0.717) is 0 Å². The van der Waals surface area contributed by atoms with Gasteiger partial charge < -0.3 is 5.32 Å². The number of nitrogens with zero attached hydrogens (tertiary/aromatic N) is 2. The summed E-state index contributed by atoms with van der Waals surface area (Å²) >= 11 is 0. The first kappa shape index (κ1) is 15.5. The van der Waals surface area contributed by atoms with E-state index in [1.807, 2.05) is 6.20 Å². The second-order valence-electron chi connectivity index (χ2n) is 5.86. The van der Waals surface area contributed by atoms with Crippen molar-refractivity contribution >= 4 is 0 Å². The van der Waals surface area contributed by atoms with Crippen molar-refractivity contribution in [3.05, 3.63) is 29.6 Å². The van der Waals surface area contributed by atoms with Gasteiger partial charge in [0.05, 0.1) is 5.69 Å². The number of hydrogen-bond donors (Lipinski definition) is 1. The van der Waals surface area contributed by atoms with Crippen molar-refractivity contribution in [1.29, 1.82) is 0 Å². The Bertz CT molecular complexity index is 374. The molecule has 0 radical (unpaired) electrons. The lowest BCUT2D eigenvalue weighted by Gasteiger charge is -2.34. The van der Waals surface area contributed by atoms with Gasteiger partial charge in [-0.1, -0.05) is 26.3 Å². The van der Waals surface area contributed by atoms with Gasteiger partial charge in [-0.05, 0) is 50.4 Å². The smallest absolute Gasteiger partial charge is 0.0544 e. The molecule has 3 heteroatoms. The SMILES string of the molecule is CCCNCc1ccc(CN2CCCCC2CC)nc1. The Labute approximate surface area is 123 Å². The first-order valence-corrected chi connectivity index (χ1v) is 8.22. The summed E-state index contributed by atoms with van der Waals surface area (Å²) in [4.78, 5) is 7.25. The zero-order valence-electron chi connectivity index (χ0n) is 13.1. The van der Waals surface area contributed by atoms with Gasteiger partial charge in [0.2, 0.25) is 0 Å². The lowest BCUT2D eigenvalue weighted by molar-refractivity contribution is 0.134. The third-order valence-corrected chi connectivity index (χ3v) is 4.23. The molecule has 1 atom stereocenters. The molecule has 20 heavy (non-hydrogen) atoms. The summed E-state index contributed by atoms with van der Waals surface area (Å²) < 4.78 is 0. The Morgan fingerprint density at radius 1 is 1.30 bits per heavy atom. The fourth-order valence-electron chi connectivity index (χ4n) is 3.00. The van der Waals surface area contributed by atoms with E-state index in [9.17, 15) is 0 Å². The molecule has 0 saturated carbocycles. The Balaban J connectivity index is 1.86. The third kappa shape index (κ3) is 4.57. The van der Waals surface area contributed by atoms with Gasteiger partial charge >= 0.3 is 0 Å². The summed E-state index contributed by atoms with van der Waals surface area (Å²) in [5.74, 6) is 0. The van der Waals surface area contributed by atoms with Crippen molar-refractivity contribution in [3.63, 3.8) is 0 Å². The molecule has 2 rings (SSSR count). The number of piperidine rings is 1. The Kier molecular flexibility index (Phi) is 6.48. The molecule has 1 aliphatic rings. The molecule has 0 amide bonds. The predicted molar refractivity (Wildman–Crippen MR) is 84.6 cm³/mol. The van der Waals surface area contributed by atoms with Crippen molar-refractivity contribution in [2.75, 3.05) is 13.1 Å². The van der Waals surface area contributed by atoms with Crippen LogP contribution in [0.3, 0.4) is 0 Å². The molecule has 2 heterocycles. The van der Waals surface area contributed by atoms with Crippen molar-refractivity contribution < 1.29 is 0 Å². The number of likely N-dealkylation sites (tertiary alicyclic amines) is 1. The summed E-state index contributed by atoms with van der Waals surface area (Å²) in [5.41, 5.74) is 2.50. The van der Waals surface area contributed by atoms with Crippen molar-refractivity contribution in [2.45, 2.75) is 65.1 Å². The highest BCUT2D eigenvalue weighted by Crippen LogP contribution is 2.21. The molecule has 0 aromatic carbocycles. The molecular formula is C17H29N3. The highest BCUT2D eigenvalue weighted by atomic mass is 15.2. The Hall–Kier alpha value is -0.930. The van der Waals surface area contributed by atoms with Crippen molar-refractivity contribution in [3.8, 4) is 0 Å². The van der Waals surface area contributed by atoms with Crippen LogP contribution in [0.15, 0.2) is 18.3 Å². The van der Waals surface area contributed by atoms with E-state index >= 15 is 0 Å². The number of hydrogen-bond acceptors (Lipinski definition) is 3. The average molecular weight is 275 g/mol. The van der Waals surface area contributed by atoms with Gasteiger partial charge in [-0.25, -0.2) is 0 Å². The molecule has 3 nitrogen and oxygen atoms in total. The average Bonchev–Trinajstić information content (AvgIpc) is 2.50. The summed E-state index contributed by atoms with van der Waals surface area (Å²) in [5, 5.41) is 3.42. The fraction of sp³-hybridized carbons (Fsp3) is 0.706. The first-order valence-electron chi connectivity index (χ1n) is 8.22. The number of nitrogens with one attached hydrogen (secondary N) is 1. The van der Waals surface area contributed by atoms with Gasteiger partial charge in [0.15, 0.2) is 0 Å². The van der Waals surface area contributed by atoms with Gasteiger partial charge in [0, 0.05) is 25.3 Å². The number of aromatic nitrogens is 1. The molecule has 0 aliphatic carbocycles. The molecule has 1 saturated heterocycles. The lowest BCUT2D eigenvalue weighted by atomic mass is 10.00. The van der Waals surface area contributed by atoms with E-state index in [1.54, 1.807) is 0 Å². The molecule has 0 spiro atoms. The highest BCUT2D eigenvalue weighted by Gasteiger charge is 2.20. The van der Waals surface area contributed by atoms with E-state index < -0.39 is 0 Å². The minimum absolute atomic E-state index is 0.761. The van der Waals surface area contributed by atoms with Crippen molar-refractivity contribution in [2.24, 2.45) is 0 Å². The molecule has 1 N–H and O–H groups in total. The second kappa shape index (κ2) is 8.38. The molecule has 1 aromatic heterocycles. The maximum atomic E-state index is 4.64. The van der Waals surface area contributed by atoms with Gasteiger partial charge in [0.25, 0.3) is 0 Å². The van der Waals surface area contributed by atoms with Crippen LogP contribution in [-0.4, -0.2) is 29.0 Å². The molecule has 0 bridgehead atoms. The summed E-state index contributed by atoms with van der Waals surface area (Å²) in [6.45, 7) is 8.76. The molecule has 1 unspecified atom stereocenters. The van der Waals surface area contributed by atoms with Gasteiger partial charge in [-0.15, -0.1) is 0 Å². The number of pyridine rings is 1. The molecule has 1 aliphatic heterocycles. The number of rotatable bonds is 7. The van der Waals surface area contributed by atoms with Gasteiger partial charge in [-0.2, -0.15) is 0 Å². The topological polar surface area (TPSA) is 28.2 Å². The first-order chi connectivity index (χ1) is 9.83. The summed E-state index contributed by atoms with van der Waals surface area (Å²) in [7, 11) is 0. The maximum Gasteiger partial charge on any atom is 0.0544 e. The van der Waals surface area contributed by atoms with Crippen LogP contribution in [0, 0.1) is 0 Å². The van der Waals surface area contributed by atoms with Crippen molar-refractivity contribution in [1.82, 2.24) is 15.2 Å². The monoisotopic (exact) mass is 275 g/mol. The fourth-order valence-corrected chi connectivity index (χ4v) is 3.00. The van der Waals surface area contributed by atoms with Crippen LogP contribution < -0.4 is 5.32 Å². The second-order valence-corrected chi connectivity index (χ2v) is 5.86. The zero-order valence-corrected chi connectivity index (χ0v) is 13.1. The van der Waals surface area contributed by atoms with Crippen LogP contribution in [0.5, 0.6) is 0 Å². The van der Waals surface area contributed by atoms with E-state index in [-0.39, 0.29) is 0 Å². The highest BCUT2D eigenvalue weighted by molar-refractivity contribution is 5.14. The maximum absolute atomic E-state index is 4.64. The minimum atomic E-state index is 0.761. The molecule has 1 aromatic rings. The minimum Gasteiger partial charge on any atom is -0.313 e. The van der Waals surface area contributed by atoms with E-state index in [2.05, 4.69) is 41.2 Å². The summed E-state index contributed by atoms with van der Waals surface area (Å²) in [6, 6.07) is 5.18. The quantitative estimate of drug-likeness (QED) is 0.774. The van der Waals surface area contributed by atoms with Crippen LogP contribution >= 0.6 is 0 Å². The molecular weight excluding hydrogens is 246 g/mol. The lowest BCUT2D eigenvalue weighted by Crippen LogP contribution is -2.38. The standard InChI is InChI=1S/C17H29N3/c1-3-10-18-12-15-8-9-16(19-13-15)14-20-11-6-5-7-17(20)4-2/h8-9,13,17-18H,3-7,10-12,14H2,1-2H3. The van der Waals surface area contributed by atoms with Crippen LogP contribution in [-0.2, 0) is 13.1 Å². The zero-order chi connectivity index (χ0) is 14.2. The van der Waals surface area contributed by atoms with Crippen LogP contribution in [0.1, 0.15) is 57.2 Å². The molecule has 112 valence electrons. The Morgan fingerprint density at radius 3 is 2.90 bits per heavy atom. The molecule has 1 fully saturated rings. The van der Waals surface area contributed by atoms with Gasteiger partial charge in [0.1, 0.15) is 0 Å². The van der Waals surface area contributed by atoms with E-state index in [1.165, 1.54) is 49.9 Å². The van der Waals surface area contributed by atoms with E-state index in [4.69, 9.17) is 0 Å². The summed E-state index contributed by atoms with van der Waals surface area (Å²) in [6.07, 6.45) is 8.57. The Morgan fingerprint density at radius 2 is 2.20 bits per heavy atom. The normalized spacial score (nSPS) is 20.2. The van der Waals surface area contributed by atoms with Crippen LogP contribution in [0.4, 0.5) is 0 Å². The van der Waals surface area contributed by atoms with Crippen LogP contribution in [0.2, 0.25) is 0 Å². The third-order valence-electron chi connectivity index (χ3n) is 4.23. The van der Waals surface area contributed by atoms with E-state index in [0.717, 1.165) is 25.7 Å². The van der Waals surface area contributed by atoms with Gasteiger partial charge in [-0.3, -0.25) is 9.88 Å². The largest absolute Gasteiger partial charge is 0.313 e. The predicted octanol–water partition coefficient (Wildman–Crippen LogP) is 3.35. The van der Waals surface area contributed by atoms with Crippen LogP contribution in [0.25, 0.3) is 0 Å².